The summed E-state index contributed by atoms with van der Waals surface area (Å²) in [6.07, 6.45) is 8.08. The van der Waals surface area contributed by atoms with Gasteiger partial charge in [0, 0.05) is 25.3 Å². The minimum Gasteiger partial charge on any atom is -0.444 e. The van der Waals surface area contributed by atoms with Crippen molar-refractivity contribution < 1.29 is 19.1 Å². The zero-order valence-corrected chi connectivity index (χ0v) is 15.2. The molecule has 1 amide bonds. The molecule has 0 spiro atoms. The molecule has 1 aromatic rings. The maximum Gasteiger partial charge on any atom is 0.410 e. The van der Waals surface area contributed by atoms with Gasteiger partial charge in [-0.1, -0.05) is 0 Å². The molecule has 0 aromatic carbocycles. The highest BCUT2D eigenvalue weighted by atomic mass is 16.6. The predicted molar refractivity (Wildman–Crippen MR) is 91.6 cm³/mol. The first-order chi connectivity index (χ1) is 11.8. The minimum absolute atomic E-state index is 0.206. The summed E-state index contributed by atoms with van der Waals surface area (Å²) in [6.45, 7) is 7.00. The molecule has 1 aromatic heterocycles. The number of aldehydes is 1. The smallest absolute Gasteiger partial charge is 0.410 e. The van der Waals surface area contributed by atoms with Crippen LogP contribution >= 0.6 is 0 Å². The predicted octanol–water partition coefficient (Wildman–Crippen LogP) is 2.82. The lowest BCUT2D eigenvalue weighted by atomic mass is 9.88. The van der Waals surface area contributed by atoms with E-state index in [1.807, 2.05) is 25.3 Å². The molecule has 1 saturated heterocycles. The van der Waals surface area contributed by atoms with E-state index in [1.165, 1.54) is 0 Å². The van der Waals surface area contributed by atoms with Crippen molar-refractivity contribution in [3.63, 3.8) is 0 Å². The molecule has 1 aliphatic carbocycles. The molecule has 2 aliphatic rings. The van der Waals surface area contributed by atoms with Crippen LogP contribution in [0.25, 0.3) is 0 Å². The van der Waals surface area contributed by atoms with E-state index < -0.39 is 5.60 Å². The van der Waals surface area contributed by atoms with Crippen LogP contribution in [-0.2, 0) is 9.47 Å². The van der Waals surface area contributed by atoms with E-state index in [9.17, 15) is 9.59 Å². The van der Waals surface area contributed by atoms with Crippen LogP contribution < -0.4 is 0 Å². The molecule has 3 rings (SSSR count). The van der Waals surface area contributed by atoms with Gasteiger partial charge in [0.25, 0.3) is 0 Å². The summed E-state index contributed by atoms with van der Waals surface area (Å²) in [5.41, 5.74) is 0.0152. The van der Waals surface area contributed by atoms with E-state index in [-0.39, 0.29) is 18.3 Å². The summed E-state index contributed by atoms with van der Waals surface area (Å²) in [5, 5.41) is 0. The summed E-state index contributed by atoms with van der Waals surface area (Å²) in [7, 11) is 0. The number of imidazole rings is 1. The lowest BCUT2D eigenvalue weighted by Gasteiger charge is -2.40. The summed E-state index contributed by atoms with van der Waals surface area (Å²) in [4.78, 5) is 28.6. The van der Waals surface area contributed by atoms with Gasteiger partial charge in [0.15, 0.2) is 6.29 Å². The molecule has 1 aliphatic heterocycles. The number of amides is 1. The van der Waals surface area contributed by atoms with Gasteiger partial charge < -0.3 is 18.9 Å². The van der Waals surface area contributed by atoms with E-state index in [0.29, 0.717) is 24.8 Å². The van der Waals surface area contributed by atoms with Crippen molar-refractivity contribution in [2.75, 3.05) is 13.1 Å². The van der Waals surface area contributed by atoms with Crippen molar-refractivity contribution in [1.29, 1.82) is 0 Å². The lowest BCUT2D eigenvalue weighted by Crippen LogP contribution is -2.45. The molecule has 7 nitrogen and oxygen atoms in total. The van der Waals surface area contributed by atoms with Crippen LogP contribution in [0, 0.1) is 0 Å². The van der Waals surface area contributed by atoms with Crippen molar-refractivity contribution in [3.05, 3.63) is 18.2 Å². The van der Waals surface area contributed by atoms with Gasteiger partial charge in [-0.15, -0.1) is 0 Å². The van der Waals surface area contributed by atoms with E-state index in [1.54, 1.807) is 17.4 Å². The molecule has 0 N–H and O–H groups in total. The number of aromatic nitrogens is 2. The number of ether oxygens (including phenoxy) is 2. The molecule has 0 unspecified atom stereocenters. The SMILES string of the molecule is CC(C)(C)OC(=O)N1CCC(OC2CC(n3cnc(C=O)c3)C2)CC1. The Balaban J connectivity index is 1.37. The van der Waals surface area contributed by atoms with Gasteiger partial charge in [-0.2, -0.15) is 0 Å². The molecule has 0 radical (unpaired) electrons. The Kier molecular flexibility index (Phi) is 5.13. The largest absolute Gasteiger partial charge is 0.444 e. The number of hydrogen-bond donors (Lipinski definition) is 0. The highest BCUT2D eigenvalue weighted by Gasteiger charge is 2.35. The van der Waals surface area contributed by atoms with E-state index >= 15 is 0 Å². The Morgan fingerprint density at radius 2 is 1.92 bits per heavy atom. The van der Waals surface area contributed by atoms with Crippen molar-refractivity contribution in [2.45, 2.75) is 70.3 Å². The fourth-order valence-corrected chi connectivity index (χ4v) is 3.28. The quantitative estimate of drug-likeness (QED) is 0.782. The van der Waals surface area contributed by atoms with Crippen LogP contribution in [0.5, 0.6) is 0 Å². The van der Waals surface area contributed by atoms with Gasteiger partial charge in [0.1, 0.15) is 11.3 Å². The maximum atomic E-state index is 12.1. The van der Waals surface area contributed by atoms with Gasteiger partial charge in [0.2, 0.25) is 0 Å². The van der Waals surface area contributed by atoms with Gasteiger partial charge in [-0.05, 0) is 46.5 Å². The number of likely N-dealkylation sites (tertiary alicyclic amines) is 1. The van der Waals surface area contributed by atoms with Crippen LogP contribution in [0.4, 0.5) is 4.79 Å². The third kappa shape index (κ3) is 4.60. The highest BCUT2D eigenvalue weighted by Crippen LogP contribution is 2.36. The number of carbonyl (C=O) groups excluding carboxylic acids is 2. The fraction of sp³-hybridized carbons (Fsp3) is 0.722. The van der Waals surface area contributed by atoms with Crippen LogP contribution in [0.15, 0.2) is 12.5 Å². The average Bonchev–Trinajstić information content (AvgIpc) is 2.98. The van der Waals surface area contributed by atoms with Crippen LogP contribution in [0.3, 0.4) is 0 Å². The normalized spacial score (nSPS) is 24.7. The van der Waals surface area contributed by atoms with Gasteiger partial charge in [-0.25, -0.2) is 9.78 Å². The molecular weight excluding hydrogens is 322 g/mol. The zero-order valence-electron chi connectivity index (χ0n) is 15.2. The van der Waals surface area contributed by atoms with Crippen molar-refractivity contribution in [3.8, 4) is 0 Å². The van der Waals surface area contributed by atoms with Crippen LogP contribution in [0.2, 0.25) is 0 Å². The lowest BCUT2D eigenvalue weighted by molar-refractivity contribution is -0.0903. The summed E-state index contributed by atoms with van der Waals surface area (Å²) < 4.78 is 13.6. The van der Waals surface area contributed by atoms with E-state index in [2.05, 4.69) is 4.98 Å². The molecule has 0 atom stereocenters. The monoisotopic (exact) mass is 349 g/mol. The molecule has 1 saturated carbocycles. The summed E-state index contributed by atoms with van der Waals surface area (Å²) in [5.74, 6) is 0. The second-order valence-electron chi connectivity index (χ2n) is 7.91. The van der Waals surface area contributed by atoms with E-state index in [4.69, 9.17) is 9.47 Å². The highest BCUT2D eigenvalue weighted by molar-refractivity contribution is 5.71. The third-order valence-corrected chi connectivity index (χ3v) is 4.71. The standard InChI is InChI=1S/C18H27N3O4/c1-18(2,3)25-17(23)20-6-4-15(5-7-20)24-16-8-14(9-16)21-10-13(11-22)19-12-21/h10-12,14-16H,4-9H2,1-3H3. The second kappa shape index (κ2) is 7.15. The fourth-order valence-electron chi connectivity index (χ4n) is 3.28. The first-order valence-electron chi connectivity index (χ1n) is 8.96. The van der Waals surface area contributed by atoms with Gasteiger partial charge in [0.05, 0.1) is 18.5 Å². The van der Waals surface area contributed by atoms with Crippen molar-refractivity contribution in [1.82, 2.24) is 14.5 Å². The third-order valence-electron chi connectivity index (χ3n) is 4.71. The zero-order chi connectivity index (χ0) is 18.0. The Morgan fingerprint density at radius 1 is 1.24 bits per heavy atom. The van der Waals surface area contributed by atoms with E-state index in [0.717, 1.165) is 32.0 Å². The molecule has 2 heterocycles. The Hall–Kier alpha value is -1.89. The Morgan fingerprint density at radius 3 is 2.48 bits per heavy atom. The number of nitrogens with zero attached hydrogens (tertiary/aromatic N) is 3. The number of rotatable bonds is 4. The molecule has 2 fully saturated rings. The van der Waals surface area contributed by atoms with Gasteiger partial charge >= 0.3 is 6.09 Å². The minimum atomic E-state index is -0.456. The maximum absolute atomic E-state index is 12.1. The molecule has 7 heteroatoms. The Bertz CT molecular complexity index is 608. The molecular formula is C18H27N3O4. The second-order valence-corrected chi connectivity index (χ2v) is 7.91. The van der Waals surface area contributed by atoms with Gasteiger partial charge in [-0.3, -0.25) is 4.79 Å². The van der Waals surface area contributed by atoms with Crippen molar-refractivity contribution >= 4 is 12.4 Å². The number of hydrogen-bond acceptors (Lipinski definition) is 5. The molecule has 0 bridgehead atoms. The van der Waals surface area contributed by atoms with Crippen molar-refractivity contribution in [2.24, 2.45) is 0 Å². The summed E-state index contributed by atoms with van der Waals surface area (Å²) >= 11 is 0. The van der Waals surface area contributed by atoms with Crippen LogP contribution in [-0.4, -0.2) is 57.7 Å². The first-order valence-corrected chi connectivity index (χ1v) is 8.96. The summed E-state index contributed by atoms with van der Waals surface area (Å²) in [6, 6.07) is 0.369. The molecule has 25 heavy (non-hydrogen) atoms. The topological polar surface area (TPSA) is 73.7 Å². The molecule has 138 valence electrons. The number of carbonyl (C=O) groups is 2. The average molecular weight is 349 g/mol. The number of piperidine rings is 1. The Labute approximate surface area is 148 Å². The van der Waals surface area contributed by atoms with Crippen LogP contribution in [0.1, 0.15) is 63.0 Å². The first kappa shape index (κ1) is 17.9.